The van der Waals surface area contributed by atoms with E-state index in [1.54, 1.807) is 0 Å². The zero-order valence-electron chi connectivity index (χ0n) is 12.3. The molecule has 0 aromatic carbocycles. The summed E-state index contributed by atoms with van der Waals surface area (Å²) < 4.78 is 13.6. The zero-order chi connectivity index (χ0) is 15.1. The van der Waals surface area contributed by atoms with Crippen LogP contribution in [0.5, 0.6) is 0 Å². The van der Waals surface area contributed by atoms with Crippen molar-refractivity contribution in [1.29, 1.82) is 0 Å². The van der Waals surface area contributed by atoms with Gasteiger partial charge >= 0.3 is 0 Å². The molecule has 116 valence electrons. The SMILES string of the molecule is CCCNc1ncc(F)c(NCCCC(=O)NC2CC2)n1. The number of nitrogens with zero attached hydrogens (tertiary/aromatic N) is 2. The lowest BCUT2D eigenvalue weighted by atomic mass is 10.3. The maximum Gasteiger partial charge on any atom is 0.224 e. The van der Waals surface area contributed by atoms with Gasteiger partial charge in [-0.05, 0) is 25.7 Å². The molecular formula is C14H22FN5O. The van der Waals surface area contributed by atoms with E-state index in [1.807, 2.05) is 6.92 Å². The molecule has 1 fully saturated rings. The number of hydrogen-bond donors (Lipinski definition) is 3. The number of rotatable bonds is 9. The molecule has 0 radical (unpaired) electrons. The Morgan fingerprint density at radius 2 is 2.19 bits per heavy atom. The van der Waals surface area contributed by atoms with Crippen molar-refractivity contribution in [3.63, 3.8) is 0 Å². The molecule has 2 rings (SSSR count). The van der Waals surface area contributed by atoms with Crippen molar-refractivity contribution in [1.82, 2.24) is 15.3 Å². The van der Waals surface area contributed by atoms with E-state index in [1.165, 1.54) is 0 Å². The van der Waals surface area contributed by atoms with Crippen LogP contribution in [0.4, 0.5) is 16.2 Å². The van der Waals surface area contributed by atoms with Crippen molar-refractivity contribution in [2.75, 3.05) is 23.7 Å². The van der Waals surface area contributed by atoms with Crippen molar-refractivity contribution in [2.45, 2.75) is 45.1 Å². The van der Waals surface area contributed by atoms with Gasteiger partial charge in [-0.3, -0.25) is 4.79 Å². The zero-order valence-corrected chi connectivity index (χ0v) is 12.3. The number of halogens is 1. The molecule has 1 saturated carbocycles. The van der Waals surface area contributed by atoms with Gasteiger partial charge in [-0.2, -0.15) is 4.98 Å². The molecule has 7 heteroatoms. The number of aromatic nitrogens is 2. The first kappa shape index (κ1) is 15.5. The van der Waals surface area contributed by atoms with E-state index < -0.39 is 5.82 Å². The van der Waals surface area contributed by atoms with E-state index in [-0.39, 0.29) is 11.7 Å². The van der Waals surface area contributed by atoms with Crippen LogP contribution in [-0.4, -0.2) is 35.0 Å². The lowest BCUT2D eigenvalue weighted by molar-refractivity contribution is -0.121. The fraction of sp³-hybridized carbons (Fsp3) is 0.643. The van der Waals surface area contributed by atoms with Gasteiger partial charge in [0.2, 0.25) is 11.9 Å². The van der Waals surface area contributed by atoms with Crippen molar-refractivity contribution < 1.29 is 9.18 Å². The Kier molecular flexibility index (Phi) is 5.71. The van der Waals surface area contributed by atoms with Crippen LogP contribution in [-0.2, 0) is 4.79 Å². The van der Waals surface area contributed by atoms with Gasteiger partial charge in [0.1, 0.15) is 0 Å². The van der Waals surface area contributed by atoms with Gasteiger partial charge in [0.15, 0.2) is 11.6 Å². The standard InChI is InChI=1S/C14H22FN5O/c1-2-7-17-14-18-9-11(15)13(20-14)16-8-3-4-12(21)19-10-5-6-10/h9-10H,2-8H2,1H3,(H,19,21)(H2,16,17,18,20). The van der Waals surface area contributed by atoms with E-state index in [9.17, 15) is 9.18 Å². The second kappa shape index (κ2) is 7.75. The summed E-state index contributed by atoms with van der Waals surface area (Å²) in [7, 11) is 0. The van der Waals surface area contributed by atoms with E-state index >= 15 is 0 Å². The quantitative estimate of drug-likeness (QED) is 0.607. The first-order valence-electron chi connectivity index (χ1n) is 7.48. The smallest absolute Gasteiger partial charge is 0.224 e. The van der Waals surface area contributed by atoms with Crippen LogP contribution >= 0.6 is 0 Å². The fourth-order valence-corrected chi connectivity index (χ4v) is 1.80. The van der Waals surface area contributed by atoms with Gasteiger partial charge in [0.25, 0.3) is 0 Å². The Morgan fingerprint density at radius 3 is 2.90 bits per heavy atom. The van der Waals surface area contributed by atoms with Crippen molar-refractivity contribution in [3.05, 3.63) is 12.0 Å². The molecule has 1 aliphatic carbocycles. The van der Waals surface area contributed by atoms with E-state index in [4.69, 9.17) is 0 Å². The molecule has 0 atom stereocenters. The van der Waals surface area contributed by atoms with Crippen LogP contribution in [0.15, 0.2) is 6.20 Å². The van der Waals surface area contributed by atoms with Gasteiger partial charge in [-0.1, -0.05) is 6.92 Å². The van der Waals surface area contributed by atoms with Gasteiger partial charge in [0, 0.05) is 25.6 Å². The summed E-state index contributed by atoms with van der Waals surface area (Å²) in [4.78, 5) is 19.4. The first-order valence-corrected chi connectivity index (χ1v) is 7.48. The molecule has 1 amide bonds. The summed E-state index contributed by atoms with van der Waals surface area (Å²) in [6.45, 7) is 3.27. The summed E-state index contributed by atoms with van der Waals surface area (Å²) in [5.74, 6) is 0.158. The number of hydrogen-bond acceptors (Lipinski definition) is 5. The molecule has 0 unspecified atom stereocenters. The van der Waals surface area contributed by atoms with Crippen LogP contribution in [0.25, 0.3) is 0 Å². The highest BCUT2D eigenvalue weighted by atomic mass is 19.1. The Bertz CT molecular complexity index is 478. The summed E-state index contributed by atoms with van der Waals surface area (Å²) in [5.41, 5.74) is 0. The normalized spacial score (nSPS) is 13.8. The number of carbonyl (C=O) groups excluding carboxylic acids is 1. The second-order valence-corrected chi connectivity index (χ2v) is 5.19. The van der Waals surface area contributed by atoms with Crippen molar-refractivity contribution in [2.24, 2.45) is 0 Å². The van der Waals surface area contributed by atoms with Crippen molar-refractivity contribution >= 4 is 17.7 Å². The molecule has 1 heterocycles. The van der Waals surface area contributed by atoms with Gasteiger partial charge in [0.05, 0.1) is 6.20 Å². The monoisotopic (exact) mass is 295 g/mol. The van der Waals surface area contributed by atoms with Crippen LogP contribution in [0.3, 0.4) is 0 Å². The largest absolute Gasteiger partial charge is 0.367 e. The molecule has 1 aromatic heterocycles. The maximum absolute atomic E-state index is 13.6. The Morgan fingerprint density at radius 1 is 1.38 bits per heavy atom. The number of amides is 1. The first-order chi connectivity index (χ1) is 10.2. The van der Waals surface area contributed by atoms with Crippen molar-refractivity contribution in [3.8, 4) is 0 Å². The Hall–Kier alpha value is -1.92. The van der Waals surface area contributed by atoms with Gasteiger partial charge in [-0.15, -0.1) is 0 Å². The van der Waals surface area contributed by atoms with Gasteiger partial charge < -0.3 is 16.0 Å². The Labute approximate surface area is 123 Å². The third-order valence-electron chi connectivity index (χ3n) is 3.09. The topological polar surface area (TPSA) is 78.9 Å². The Balaban J connectivity index is 1.72. The molecule has 3 N–H and O–H groups in total. The predicted octanol–water partition coefficient (Wildman–Crippen LogP) is 1.91. The molecule has 21 heavy (non-hydrogen) atoms. The summed E-state index contributed by atoms with van der Waals surface area (Å²) in [5, 5.41) is 8.83. The molecular weight excluding hydrogens is 273 g/mol. The molecule has 0 bridgehead atoms. The maximum atomic E-state index is 13.6. The minimum Gasteiger partial charge on any atom is -0.367 e. The van der Waals surface area contributed by atoms with E-state index in [2.05, 4.69) is 25.9 Å². The summed E-state index contributed by atoms with van der Waals surface area (Å²) in [6.07, 6.45) is 5.34. The minimum absolute atomic E-state index is 0.0627. The highest BCUT2D eigenvalue weighted by Crippen LogP contribution is 2.18. The van der Waals surface area contributed by atoms with E-state index in [0.29, 0.717) is 31.4 Å². The van der Waals surface area contributed by atoms with Crippen LogP contribution in [0.2, 0.25) is 0 Å². The summed E-state index contributed by atoms with van der Waals surface area (Å²) >= 11 is 0. The average molecular weight is 295 g/mol. The lowest BCUT2D eigenvalue weighted by Gasteiger charge is -2.09. The number of nitrogens with one attached hydrogen (secondary N) is 3. The molecule has 1 aromatic rings. The molecule has 0 aliphatic heterocycles. The van der Waals surface area contributed by atoms with Crippen LogP contribution in [0.1, 0.15) is 39.0 Å². The predicted molar refractivity (Wildman–Crippen MR) is 79.7 cm³/mol. The minimum atomic E-state index is -0.487. The fourth-order valence-electron chi connectivity index (χ4n) is 1.80. The van der Waals surface area contributed by atoms with E-state index in [0.717, 1.165) is 32.0 Å². The second-order valence-electron chi connectivity index (χ2n) is 5.19. The molecule has 0 spiro atoms. The third kappa shape index (κ3) is 5.53. The van der Waals surface area contributed by atoms with Gasteiger partial charge in [-0.25, -0.2) is 9.37 Å². The molecule has 0 saturated heterocycles. The average Bonchev–Trinajstić information content (AvgIpc) is 3.27. The lowest BCUT2D eigenvalue weighted by Crippen LogP contribution is -2.25. The molecule has 1 aliphatic rings. The molecule has 6 nitrogen and oxygen atoms in total. The number of carbonyl (C=O) groups is 1. The highest BCUT2D eigenvalue weighted by molar-refractivity contribution is 5.76. The highest BCUT2D eigenvalue weighted by Gasteiger charge is 2.22. The number of anilines is 2. The van der Waals surface area contributed by atoms with Crippen LogP contribution < -0.4 is 16.0 Å². The van der Waals surface area contributed by atoms with Crippen LogP contribution in [0, 0.1) is 5.82 Å². The third-order valence-corrected chi connectivity index (χ3v) is 3.09. The summed E-state index contributed by atoms with van der Waals surface area (Å²) in [6, 6.07) is 0.386.